The van der Waals surface area contributed by atoms with E-state index in [9.17, 15) is 0 Å². The maximum absolute atomic E-state index is 6.21. The van der Waals surface area contributed by atoms with Crippen LogP contribution in [0.4, 0.5) is 5.82 Å². The van der Waals surface area contributed by atoms with Gasteiger partial charge in [-0.1, -0.05) is 39.1 Å². The Kier molecular flexibility index (Phi) is 4.95. The van der Waals surface area contributed by atoms with Crippen LogP contribution in [-0.2, 0) is 0 Å². The summed E-state index contributed by atoms with van der Waals surface area (Å²) in [5, 5.41) is 2.30. The second-order valence-corrected chi connectivity index (χ2v) is 5.92. The summed E-state index contributed by atoms with van der Waals surface area (Å²) in [6.07, 6.45) is 6.49. The second-order valence-electron chi connectivity index (χ2n) is 4.28. The third kappa shape index (κ3) is 3.27. The molecule has 5 heteroatoms. The first-order chi connectivity index (χ1) is 8.22. The SMILES string of the molecule is Clc1cnc(N2CCCC2CCCBr)c(Cl)c1. The number of hydrogen-bond acceptors (Lipinski definition) is 2. The highest BCUT2D eigenvalue weighted by Crippen LogP contribution is 2.32. The number of anilines is 1. The third-order valence-corrected chi connectivity index (χ3v) is 4.15. The Morgan fingerprint density at radius 2 is 2.29 bits per heavy atom. The van der Waals surface area contributed by atoms with Crippen molar-refractivity contribution in [3.63, 3.8) is 0 Å². The summed E-state index contributed by atoms with van der Waals surface area (Å²) >= 11 is 15.6. The predicted octanol–water partition coefficient (Wildman–Crippen LogP) is 4.53. The quantitative estimate of drug-likeness (QED) is 0.750. The molecule has 1 atom stereocenters. The molecular formula is C12H15BrCl2N2. The minimum Gasteiger partial charge on any atom is -0.352 e. The average molecular weight is 338 g/mol. The van der Waals surface area contributed by atoms with Crippen LogP contribution in [0.25, 0.3) is 0 Å². The molecule has 0 amide bonds. The minimum absolute atomic E-state index is 0.568. The van der Waals surface area contributed by atoms with E-state index in [1.807, 2.05) is 0 Å². The highest BCUT2D eigenvalue weighted by molar-refractivity contribution is 9.09. The Morgan fingerprint density at radius 3 is 3.00 bits per heavy atom. The highest BCUT2D eigenvalue weighted by Gasteiger charge is 2.26. The summed E-state index contributed by atoms with van der Waals surface area (Å²) in [4.78, 5) is 6.69. The van der Waals surface area contributed by atoms with Crippen LogP contribution in [0.1, 0.15) is 25.7 Å². The van der Waals surface area contributed by atoms with E-state index >= 15 is 0 Å². The Bertz CT molecular complexity index is 387. The zero-order valence-electron chi connectivity index (χ0n) is 9.50. The van der Waals surface area contributed by atoms with E-state index in [2.05, 4.69) is 25.8 Å². The molecule has 1 fully saturated rings. The van der Waals surface area contributed by atoms with E-state index in [0.717, 1.165) is 17.7 Å². The standard InChI is InChI=1S/C12H15BrCl2N2/c13-5-1-3-10-4-2-6-17(10)12-11(15)7-9(14)8-16-12/h7-8,10H,1-6H2. The van der Waals surface area contributed by atoms with Crippen molar-refractivity contribution in [3.05, 3.63) is 22.3 Å². The average Bonchev–Trinajstić information content (AvgIpc) is 2.74. The van der Waals surface area contributed by atoms with Crippen LogP contribution in [0, 0.1) is 0 Å². The number of nitrogens with zero attached hydrogens (tertiary/aromatic N) is 2. The van der Waals surface area contributed by atoms with Gasteiger partial charge in [0.2, 0.25) is 0 Å². The fourth-order valence-corrected chi connectivity index (χ4v) is 3.16. The molecule has 1 unspecified atom stereocenters. The lowest BCUT2D eigenvalue weighted by Gasteiger charge is -2.26. The van der Waals surface area contributed by atoms with Crippen LogP contribution < -0.4 is 4.90 Å². The highest BCUT2D eigenvalue weighted by atomic mass is 79.9. The van der Waals surface area contributed by atoms with Crippen LogP contribution >= 0.6 is 39.1 Å². The van der Waals surface area contributed by atoms with Gasteiger partial charge in [0.25, 0.3) is 0 Å². The summed E-state index contributed by atoms with van der Waals surface area (Å²) in [5.41, 5.74) is 0. The lowest BCUT2D eigenvalue weighted by Crippen LogP contribution is -2.30. The van der Waals surface area contributed by atoms with E-state index in [-0.39, 0.29) is 0 Å². The first-order valence-electron chi connectivity index (χ1n) is 5.86. The number of halogens is 3. The van der Waals surface area contributed by atoms with Crippen LogP contribution in [0.15, 0.2) is 12.3 Å². The Labute approximate surface area is 120 Å². The van der Waals surface area contributed by atoms with Gasteiger partial charge < -0.3 is 4.90 Å². The van der Waals surface area contributed by atoms with Gasteiger partial charge in [0, 0.05) is 24.1 Å². The molecule has 2 heterocycles. The molecule has 94 valence electrons. The lowest BCUT2D eigenvalue weighted by molar-refractivity contribution is 0.600. The smallest absolute Gasteiger partial charge is 0.147 e. The molecule has 0 aliphatic carbocycles. The number of alkyl halides is 1. The van der Waals surface area contributed by atoms with Crippen molar-refractivity contribution in [1.82, 2.24) is 4.98 Å². The van der Waals surface area contributed by atoms with Gasteiger partial charge in [-0.05, 0) is 31.7 Å². The monoisotopic (exact) mass is 336 g/mol. The first kappa shape index (κ1) is 13.4. The largest absolute Gasteiger partial charge is 0.352 e. The molecule has 0 bridgehead atoms. The van der Waals surface area contributed by atoms with Gasteiger partial charge in [0.1, 0.15) is 5.82 Å². The van der Waals surface area contributed by atoms with Crippen LogP contribution in [-0.4, -0.2) is 22.9 Å². The van der Waals surface area contributed by atoms with Crippen molar-refractivity contribution in [2.24, 2.45) is 0 Å². The second kappa shape index (κ2) is 6.26. The normalized spacial score (nSPS) is 19.9. The minimum atomic E-state index is 0.568. The molecule has 2 nitrogen and oxygen atoms in total. The van der Waals surface area contributed by atoms with E-state index in [0.29, 0.717) is 16.1 Å². The predicted molar refractivity (Wildman–Crippen MR) is 77.7 cm³/mol. The Morgan fingerprint density at radius 1 is 1.47 bits per heavy atom. The molecule has 0 N–H and O–H groups in total. The van der Waals surface area contributed by atoms with Crippen molar-refractivity contribution in [1.29, 1.82) is 0 Å². The van der Waals surface area contributed by atoms with Gasteiger partial charge in [-0.2, -0.15) is 0 Å². The van der Waals surface area contributed by atoms with Crippen molar-refractivity contribution < 1.29 is 0 Å². The van der Waals surface area contributed by atoms with Crippen molar-refractivity contribution in [2.45, 2.75) is 31.7 Å². The fourth-order valence-electron chi connectivity index (χ4n) is 2.35. The summed E-state index contributed by atoms with van der Waals surface area (Å²) in [7, 11) is 0. The number of rotatable bonds is 4. The van der Waals surface area contributed by atoms with Gasteiger partial charge in [0.15, 0.2) is 0 Å². The van der Waals surface area contributed by atoms with Crippen molar-refractivity contribution in [2.75, 3.05) is 16.8 Å². The van der Waals surface area contributed by atoms with Gasteiger partial charge in [-0.3, -0.25) is 0 Å². The van der Waals surface area contributed by atoms with Gasteiger partial charge >= 0.3 is 0 Å². The third-order valence-electron chi connectivity index (χ3n) is 3.11. The molecule has 1 aliphatic rings. The topological polar surface area (TPSA) is 16.1 Å². The first-order valence-corrected chi connectivity index (χ1v) is 7.73. The fraction of sp³-hybridized carbons (Fsp3) is 0.583. The van der Waals surface area contributed by atoms with Crippen LogP contribution in [0.5, 0.6) is 0 Å². The summed E-state index contributed by atoms with van der Waals surface area (Å²) < 4.78 is 0. The van der Waals surface area contributed by atoms with Gasteiger partial charge in [-0.25, -0.2) is 4.98 Å². The van der Waals surface area contributed by atoms with E-state index in [1.165, 1.54) is 25.7 Å². The van der Waals surface area contributed by atoms with Gasteiger partial charge in [0.05, 0.1) is 10.0 Å². The summed E-state index contributed by atoms with van der Waals surface area (Å²) in [6.45, 7) is 1.04. The summed E-state index contributed by atoms with van der Waals surface area (Å²) in [6, 6.07) is 2.34. The molecule has 0 radical (unpaired) electrons. The molecule has 17 heavy (non-hydrogen) atoms. The van der Waals surface area contributed by atoms with Crippen molar-refractivity contribution in [3.8, 4) is 0 Å². The van der Waals surface area contributed by atoms with Gasteiger partial charge in [-0.15, -0.1) is 0 Å². The van der Waals surface area contributed by atoms with E-state index in [1.54, 1.807) is 12.3 Å². The van der Waals surface area contributed by atoms with E-state index in [4.69, 9.17) is 23.2 Å². The van der Waals surface area contributed by atoms with Crippen LogP contribution in [0.2, 0.25) is 10.0 Å². The zero-order valence-corrected chi connectivity index (χ0v) is 12.6. The number of aromatic nitrogens is 1. The molecule has 1 aromatic rings. The molecule has 1 aliphatic heterocycles. The zero-order chi connectivity index (χ0) is 12.3. The molecule has 1 saturated heterocycles. The molecule has 0 spiro atoms. The molecule has 1 aromatic heterocycles. The molecule has 0 saturated carbocycles. The maximum Gasteiger partial charge on any atom is 0.147 e. The Balaban J connectivity index is 2.14. The Hall–Kier alpha value is 0.01000. The van der Waals surface area contributed by atoms with Crippen molar-refractivity contribution >= 4 is 44.9 Å². The molecule has 0 aromatic carbocycles. The van der Waals surface area contributed by atoms with Crippen LogP contribution in [0.3, 0.4) is 0 Å². The molecule has 2 rings (SSSR count). The number of pyridine rings is 1. The maximum atomic E-state index is 6.21. The lowest BCUT2D eigenvalue weighted by atomic mass is 10.1. The number of hydrogen-bond donors (Lipinski definition) is 0. The molecular weight excluding hydrogens is 323 g/mol. The summed E-state index contributed by atoms with van der Waals surface area (Å²) in [5.74, 6) is 0.883. The van der Waals surface area contributed by atoms with E-state index < -0.39 is 0 Å².